The van der Waals surface area contributed by atoms with Gasteiger partial charge in [0.15, 0.2) is 5.16 Å². The van der Waals surface area contributed by atoms with Crippen molar-refractivity contribution in [2.75, 3.05) is 7.11 Å². The second kappa shape index (κ2) is 6.94. The Hall–Kier alpha value is -2.28. The quantitative estimate of drug-likeness (QED) is 0.651. The summed E-state index contributed by atoms with van der Waals surface area (Å²) >= 11 is 1.56. The molecule has 0 aliphatic heterocycles. The molecule has 0 aliphatic carbocycles. The van der Waals surface area contributed by atoms with Gasteiger partial charge in [0.25, 0.3) is 0 Å². The van der Waals surface area contributed by atoms with Crippen molar-refractivity contribution in [1.82, 2.24) is 14.8 Å². The standard InChI is InChI=1S/C14H15N3O3S/c1-17-14(15-9-16-17)21-8-10-3-5-12(20-2)11(7-10)4-6-13(18)19/h3-7,9H,8H2,1-2H3,(H,18,19)/b6-4+. The number of hydrogen-bond acceptors (Lipinski definition) is 5. The smallest absolute Gasteiger partial charge is 0.328 e. The lowest BCUT2D eigenvalue weighted by atomic mass is 10.1. The predicted octanol–water partition coefficient (Wildman–Crippen LogP) is 2.21. The summed E-state index contributed by atoms with van der Waals surface area (Å²) < 4.78 is 6.93. The van der Waals surface area contributed by atoms with Gasteiger partial charge in [-0.15, -0.1) is 0 Å². The summed E-state index contributed by atoms with van der Waals surface area (Å²) in [7, 11) is 3.39. The molecular formula is C14H15N3O3S. The first-order chi connectivity index (χ1) is 10.1. The van der Waals surface area contributed by atoms with E-state index in [9.17, 15) is 4.79 Å². The molecule has 2 aromatic rings. The molecule has 6 nitrogen and oxygen atoms in total. The van der Waals surface area contributed by atoms with Crippen LogP contribution in [0.1, 0.15) is 11.1 Å². The van der Waals surface area contributed by atoms with Gasteiger partial charge in [0.1, 0.15) is 12.1 Å². The summed E-state index contributed by atoms with van der Waals surface area (Å²) in [6.07, 6.45) is 4.13. The van der Waals surface area contributed by atoms with Crippen LogP contribution in [-0.4, -0.2) is 33.0 Å². The van der Waals surface area contributed by atoms with Gasteiger partial charge in [-0.1, -0.05) is 17.8 Å². The number of carbonyl (C=O) groups is 1. The third-order valence-electron chi connectivity index (χ3n) is 2.74. The molecule has 0 spiro atoms. The Morgan fingerprint density at radius 3 is 2.95 bits per heavy atom. The molecule has 1 heterocycles. The molecule has 1 aromatic carbocycles. The average Bonchev–Trinajstić information content (AvgIpc) is 2.88. The molecule has 21 heavy (non-hydrogen) atoms. The van der Waals surface area contributed by atoms with Crippen LogP contribution in [0.3, 0.4) is 0 Å². The summed E-state index contributed by atoms with van der Waals surface area (Å²) in [5.74, 6) is 0.362. The number of rotatable bonds is 6. The highest BCUT2D eigenvalue weighted by molar-refractivity contribution is 7.98. The molecule has 0 saturated carbocycles. The van der Waals surface area contributed by atoms with Crippen LogP contribution in [0.15, 0.2) is 35.8 Å². The minimum atomic E-state index is -0.990. The van der Waals surface area contributed by atoms with E-state index in [2.05, 4.69) is 10.1 Å². The fourth-order valence-electron chi connectivity index (χ4n) is 1.73. The topological polar surface area (TPSA) is 77.2 Å². The summed E-state index contributed by atoms with van der Waals surface area (Å²) in [5, 5.41) is 13.6. The van der Waals surface area contributed by atoms with E-state index in [4.69, 9.17) is 9.84 Å². The van der Waals surface area contributed by atoms with Crippen LogP contribution in [-0.2, 0) is 17.6 Å². The van der Waals surface area contributed by atoms with Crippen LogP contribution in [0.25, 0.3) is 6.08 Å². The first-order valence-corrected chi connectivity index (χ1v) is 7.13. The third kappa shape index (κ3) is 4.09. The number of aromatic nitrogens is 3. The molecule has 7 heteroatoms. The van der Waals surface area contributed by atoms with Crippen molar-refractivity contribution in [3.05, 3.63) is 41.7 Å². The molecule has 0 unspecified atom stereocenters. The van der Waals surface area contributed by atoms with E-state index in [1.807, 2.05) is 25.2 Å². The van der Waals surface area contributed by atoms with Crippen LogP contribution in [0.5, 0.6) is 5.75 Å². The molecule has 1 N–H and O–H groups in total. The fourth-order valence-corrected chi connectivity index (χ4v) is 2.56. The number of methoxy groups -OCH3 is 1. The van der Waals surface area contributed by atoms with Gasteiger partial charge in [-0.2, -0.15) is 5.10 Å². The van der Waals surface area contributed by atoms with Gasteiger partial charge < -0.3 is 9.84 Å². The van der Waals surface area contributed by atoms with E-state index in [0.29, 0.717) is 11.5 Å². The van der Waals surface area contributed by atoms with Crippen LogP contribution < -0.4 is 4.74 Å². The van der Waals surface area contributed by atoms with Crippen molar-refractivity contribution in [1.29, 1.82) is 0 Å². The van der Waals surface area contributed by atoms with Crippen LogP contribution in [0.4, 0.5) is 0 Å². The Morgan fingerprint density at radius 1 is 1.52 bits per heavy atom. The van der Waals surface area contributed by atoms with E-state index in [0.717, 1.165) is 22.4 Å². The number of carboxylic acid groups (broad SMARTS) is 1. The average molecular weight is 305 g/mol. The first kappa shape index (κ1) is 15.1. The zero-order valence-electron chi connectivity index (χ0n) is 11.7. The number of hydrogen-bond donors (Lipinski definition) is 1. The minimum Gasteiger partial charge on any atom is -0.496 e. The Kier molecular flexibility index (Phi) is 4.99. The molecular weight excluding hydrogens is 290 g/mol. The Morgan fingerprint density at radius 2 is 2.33 bits per heavy atom. The largest absolute Gasteiger partial charge is 0.496 e. The van der Waals surface area contributed by atoms with Crippen molar-refractivity contribution in [2.24, 2.45) is 7.05 Å². The number of carboxylic acids is 1. The van der Waals surface area contributed by atoms with Crippen LogP contribution in [0, 0.1) is 0 Å². The summed E-state index contributed by atoms with van der Waals surface area (Å²) in [4.78, 5) is 14.8. The van der Waals surface area contributed by atoms with E-state index in [1.165, 1.54) is 12.4 Å². The Balaban J connectivity index is 2.15. The second-order valence-electron chi connectivity index (χ2n) is 4.20. The maximum absolute atomic E-state index is 10.6. The van der Waals surface area contributed by atoms with E-state index < -0.39 is 5.97 Å². The van der Waals surface area contributed by atoms with Gasteiger partial charge in [-0.25, -0.2) is 14.5 Å². The summed E-state index contributed by atoms with van der Waals surface area (Å²) in [6, 6.07) is 5.68. The number of benzene rings is 1. The van der Waals surface area contributed by atoms with Crippen molar-refractivity contribution in [2.45, 2.75) is 10.9 Å². The molecule has 0 saturated heterocycles. The van der Waals surface area contributed by atoms with Crippen molar-refractivity contribution >= 4 is 23.8 Å². The zero-order chi connectivity index (χ0) is 15.2. The Labute approximate surface area is 126 Å². The van der Waals surface area contributed by atoms with Crippen LogP contribution >= 0.6 is 11.8 Å². The molecule has 2 rings (SSSR count). The molecule has 110 valence electrons. The number of thioether (sulfide) groups is 1. The predicted molar refractivity (Wildman–Crippen MR) is 80.2 cm³/mol. The monoisotopic (exact) mass is 305 g/mol. The van der Waals surface area contributed by atoms with Gasteiger partial charge in [-0.05, 0) is 23.8 Å². The first-order valence-electron chi connectivity index (χ1n) is 6.15. The van der Waals surface area contributed by atoms with Gasteiger partial charge >= 0.3 is 5.97 Å². The summed E-state index contributed by atoms with van der Waals surface area (Å²) in [5.41, 5.74) is 1.78. The molecule has 0 fully saturated rings. The molecule has 0 radical (unpaired) electrons. The molecule has 0 aliphatic rings. The third-order valence-corrected chi connectivity index (χ3v) is 3.84. The normalized spacial score (nSPS) is 11.0. The lowest BCUT2D eigenvalue weighted by Crippen LogP contribution is -1.94. The molecule has 1 aromatic heterocycles. The number of aryl methyl sites for hydroxylation is 1. The SMILES string of the molecule is COc1ccc(CSc2ncnn2C)cc1/C=C/C(=O)O. The number of nitrogens with zero attached hydrogens (tertiary/aromatic N) is 3. The zero-order valence-corrected chi connectivity index (χ0v) is 12.5. The van der Waals surface area contributed by atoms with Gasteiger partial charge in [0.05, 0.1) is 7.11 Å². The highest BCUT2D eigenvalue weighted by Crippen LogP contribution is 2.25. The minimum absolute atomic E-state index is 0.639. The lowest BCUT2D eigenvalue weighted by Gasteiger charge is -2.07. The molecule has 0 amide bonds. The number of aliphatic carboxylic acids is 1. The Bertz CT molecular complexity index is 667. The van der Waals surface area contributed by atoms with Crippen molar-refractivity contribution in [3.8, 4) is 5.75 Å². The van der Waals surface area contributed by atoms with Crippen molar-refractivity contribution < 1.29 is 14.6 Å². The summed E-state index contributed by atoms with van der Waals surface area (Å²) in [6.45, 7) is 0. The molecule has 0 bridgehead atoms. The van der Waals surface area contributed by atoms with Crippen molar-refractivity contribution in [3.63, 3.8) is 0 Å². The highest BCUT2D eigenvalue weighted by atomic mass is 32.2. The molecule has 0 atom stereocenters. The maximum atomic E-state index is 10.6. The van der Waals surface area contributed by atoms with Crippen LogP contribution in [0.2, 0.25) is 0 Å². The van der Waals surface area contributed by atoms with Gasteiger partial charge in [0, 0.05) is 24.4 Å². The second-order valence-corrected chi connectivity index (χ2v) is 5.15. The van der Waals surface area contributed by atoms with E-state index in [-0.39, 0.29) is 0 Å². The van der Waals surface area contributed by atoms with E-state index >= 15 is 0 Å². The maximum Gasteiger partial charge on any atom is 0.328 e. The lowest BCUT2D eigenvalue weighted by molar-refractivity contribution is -0.131. The fraction of sp³-hybridized carbons (Fsp3) is 0.214. The van der Waals surface area contributed by atoms with E-state index in [1.54, 1.807) is 23.6 Å². The van der Waals surface area contributed by atoms with Gasteiger partial charge in [0.2, 0.25) is 0 Å². The highest BCUT2D eigenvalue weighted by Gasteiger charge is 2.05. The van der Waals surface area contributed by atoms with Gasteiger partial charge in [-0.3, -0.25) is 0 Å². The number of ether oxygens (including phenoxy) is 1.